The van der Waals surface area contributed by atoms with Gasteiger partial charge in [0, 0.05) is 18.1 Å². The predicted octanol–water partition coefficient (Wildman–Crippen LogP) is 1.42. The molecule has 12 heteroatoms. The van der Waals surface area contributed by atoms with Crippen molar-refractivity contribution >= 4 is 17.3 Å². The van der Waals surface area contributed by atoms with Crippen molar-refractivity contribution in [2.24, 2.45) is 0 Å². The molecule has 4 rings (SSSR count). The van der Waals surface area contributed by atoms with E-state index in [9.17, 15) is 18.0 Å². The molecule has 0 atom stereocenters. The molecule has 27 heavy (non-hydrogen) atoms. The van der Waals surface area contributed by atoms with E-state index in [4.69, 9.17) is 0 Å². The molecule has 9 nitrogen and oxygen atoms in total. The van der Waals surface area contributed by atoms with E-state index in [0.717, 1.165) is 18.0 Å². The SMILES string of the molecule is Cc1ccnc2nc(C(=O)NCc3nnc4ccc(C(F)(F)F)cn34)nn12. The molecule has 4 aromatic heterocycles. The summed E-state index contributed by atoms with van der Waals surface area (Å²) in [5, 5.41) is 14.2. The summed E-state index contributed by atoms with van der Waals surface area (Å²) in [4.78, 5) is 20.3. The average Bonchev–Trinajstić information content (AvgIpc) is 3.23. The number of aromatic nitrogens is 7. The summed E-state index contributed by atoms with van der Waals surface area (Å²) < 4.78 is 41.2. The van der Waals surface area contributed by atoms with Gasteiger partial charge in [0.1, 0.15) is 0 Å². The lowest BCUT2D eigenvalue weighted by Crippen LogP contribution is -2.25. The summed E-state index contributed by atoms with van der Waals surface area (Å²) >= 11 is 0. The molecule has 0 fully saturated rings. The molecule has 0 radical (unpaired) electrons. The van der Waals surface area contributed by atoms with Crippen molar-refractivity contribution in [3.63, 3.8) is 0 Å². The Morgan fingerprint density at radius 2 is 2.04 bits per heavy atom. The molecule has 4 heterocycles. The first kappa shape index (κ1) is 16.9. The van der Waals surface area contributed by atoms with Gasteiger partial charge in [-0.05, 0) is 25.1 Å². The zero-order valence-electron chi connectivity index (χ0n) is 13.8. The fourth-order valence-electron chi connectivity index (χ4n) is 2.47. The Balaban J connectivity index is 1.57. The Morgan fingerprint density at radius 1 is 1.22 bits per heavy atom. The van der Waals surface area contributed by atoms with Gasteiger partial charge >= 0.3 is 6.18 Å². The number of aryl methyl sites for hydroxylation is 1. The van der Waals surface area contributed by atoms with Gasteiger partial charge in [-0.15, -0.1) is 15.3 Å². The van der Waals surface area contributed by atoms with E-state index in [1.807, 2.05) is 0 Å². The minimum absolute atomic E-state index is 0.110. The minimum Gasteiger partial charge on any atom is -0.342 e. The molecule has 0 saturated heterocycles. The zero-order chi connectivity index (χ0) is 19.2. The summed E-state index contributed by atoms with van der Waals surface area (Å²) in [7, 11) is 0. The molecule has 0 aliphatic rings. The van der Waals surface area contributed by atoms with Crippen LogP contribution in [0.25, 0.3) is 11.4 Å². The van der Waals surface area contributed by atoms with Gasteiger partial charge in [0.25, 0.3) is 11.7 Å². The van der Waals surface area contributed by atoms with Crippen LogP contribution in [0.1, 0.15) is 27.7 Å². The molecular weight excluding hydrogens is 365 g/mol. The summed E-state index contributed by atoms with van der Waals surface area (Å²) in [6.07, 6.45) is -2.07. The molecule has 0 aliphatic heterocycles. The third kappa shape index (κ3) is 3.05. The maximum Gasteiger partial charge on any atom is 0.417 e. The van der Waals surface area contributed by atoms with Crippen LogP contribution in [-0.4, -0.2) is 40.1 Å². The van der Waals surface area contributed by atoms with E-state index < -0.39 is 17.6 Å². The molecule has 0 saturated carbocycles. The fourth-order valence-corrected chi connectivity index (χ4v) is 2.47. The van der Waals surface area contributed by atoms with Crippen molar-refractivity contribution < 1.29 is 18.0 Å². The van der Waals surface area contributed by atoms with E-state index in [1.165, 1.54) is 15.0 Å². The number of amides is 1. The molecule has 0 unspecified atom stereocenters. The van der Waals surface area contributed by atoms with Gasteiger partial charge in [0.2, 0.25) is 5.82 Å². The normalized spacial score (nSPS) is 12.0. The van der Waals surface area contributed by atoms with Gasteiger partial charge in [-0.1, -0.05) is 0 Å². The molecule has 0 aromatic carbocycles. The Hall–Kier alpha value is -3.57. The number of hydrogen-bond acceptors (Lipinski definition) is 6. The highest BCUT2D eigenvalue weighted by Crippen LogP contribution is 2.29. The van der Waals surface area contributed by atoms with Crippen LogP contribution in [0.15, 0.2) is 30.6 Å². The van der Waals surface area contributed by atoms with Crippen molar-refractivity contribution in [1.82, 2.24) is 39.5 Å². The third-order valence-electron chi connectivity index (χ3n) is 3.84. The first-order valence-electron chi connectivity index (χ1n) is 7.70. The monoisotopic (exact) mass is 376 g/mol. The van der Waals surface area contributed by atoms with Crippen molar-refractivity contribution in [2.75, 3.05) is 0 Å². The molecule has 4 aromatic rings. The zero-order valence-corrected chi connectivity index (χ0v) is 13.8. The maximum atomic E-state index is 12.9. The second-order valence-electron chi connectivity index (χ2n) is 5.68. The van der Waals surface area contributed by atoms with E-state index in [2.05, 4.69) is 30.6 Å². The first-order valence-corrected chi connectivity index (χ1v) is 7.70. The van der Waals surface area contributed by atoms with Gasteiger partial charge in [-0.3, -0.25) is 9.20 Å². The van der Waals surface area contributed by atoms with Crippen molar-refractivity contribution in [2.45, 2.75) is 19.6 Å². The molecule has 138 valence electrons. The van der Waals surface area contributed by atoms with E-state index >= 15 is 0 Å². The van der Waals surface area contributed by atoms with Crippen LogP contribution >= 0.6 is 0 Å². The van der Waals surface area contributed by atoms with Crippen LogP contribution in [0, 0.1) is 6.92 Å². The molecule has 0 bridgehead atoms. The summed E-state index contributed by atoms with van der Waals surface area (Å²) in [5.74, 6) is -0.310. The molecule has 0 spiro atoms. The molecule has 0 aliphatic carbocycles. The van der Waals surface area contributed by atoms with Crippen LogP contribution in [0.2, 0.25) is 0 Å². The summed E-state index contributed by atoms with van der Waals surface area (Å²) in [5.41, 5.74) is 0.138. The summed E-state index contributed by atoms with van der Waals surface area (Å²) in [6.45, 7) is 1.63. The highest BCUT2D eigenvalue weighted by molar-refractivity contribution is 5.90. The lowest BCUT2D eigenvalue weighted by Gasteiger charge is -2.07. The third-order valence-corrected chi connectivity index (χ3v) is 3.84. The number of alkyl halides is 3. The summed E-state index contributed by atoms with van der Waals surface area (Å²) in [6, 6.07) is 3.84. The van der Waals surface area contributed by atoms with Crippen LogP contribution in [0.5, 0.6) is 0 Å². The fraction of sp³-hybridized carbons (Fsp3) is 0.200. The number of pyridine rings is 1. The largest absolute Gasteiger partial charge is 0.417 e. The maximum absolute atomic E-state index is 12.9. The average molecular weight is 376 g/mol. The van der Waals surface area contributed by atoms with Crippen LogP contribution in [-0.2, 0) is 12.7 Å². The Morgan fingerprint density at radius 3 is 2.78 bits per heavy atom. The lowest BCUT2D eigenvalue weighted by atomic mass is 10.3. The molecule has 1 N–H and O–H groups in total. The number of halogens is 3. The standard InChI is InChI=1S/C15H11F3N8O/c1-8-4-5-19-14-21-12(24-26(8)14)13(27)20-6-11-23-22-10-3-2-9(7-25(10)11)15(16,17)18/h2-5,7H,6H2,1H3,(H,20,27). The van der Waals surface area contributed by atoms with Crippen molar-refractivity contribution in [3.8, 4) is 0 Å². The van der Waals surface area contributed by atoms with Gasteiger partial charge in [-0.25, -0.2) is 9.50 Å². The highest BCUT2D eigenvalue weighted by atomic mass is 19.4. The smallest absolute Gasteiger partial charge is 0.342 e. The number of hydrogen-bond donors (Lipinski definition) is 1. The van der Waals surface area contributed by atoms with Gasteiger partial charge < -0.3 is 5.32 Å². The quantitative estimate of drug-likeness (QED) is 0.580. The number of fused-ring (bicyclic) bond motifs is 2. The molecular formula is C15H11F3N8O. The number of carbonyl (C=O) groups excluding carboxylic acids is 1. The molecule has 1 amide bonds. The predicted molar refractivity (Wildman–Crippen MR) is 84.7 cm³/mol. The van der Waals surface area contributed by atoms with Crippen LogP contribution in [0.4, 0.5) is 13.2 Å². The van der Waals surface area contributed by atoms with Crippen LogP contribution < -0.4 is 5.32 Å². The number of rotatable bonds is 3. The van der Waals surface area contributed by atoms with E-state index in [0.29, 0.717) is 0 Å². The number of nitrogens with one attached hydrogen (secondary N) is 1. The van der Waals surface area contributed by atoms with Crippen LogP contribution in [0.3, 0.4) is 0 Å². The number of carbonyl (C=O) groups is 1. The van der Waals surface area contributed by atoms with E-state index in [1.54, 1.807) is 19.2 Å². The second-order valence-corrected chi connectivity index (χ2v) is 5.68. The topological polar surface area (TPSA) is 102 Å². The second kappa shape index (κ2) is 6.00. The van der Waals surface area contributed by atoms with E-state index in [-0.39, 0.29) is 29.6 Å². The Bertz CT molecular complexity index is 1160. The van der Waals surface area contributed by atoms with Crippen molar-refractivity contribution in [1.29, 1.82) is 0 Å². The van der Waals surface area contributed by atoms with Gasteiger partial charge in [0.05, 0.1) is 12.1 Å². The first-order chi connectivity index (χ1) is 12.8. The Kier molecular flexibility index (Phi) is 3.75. The van der Waals surface area contributed by atoms with Gasteiger partial charge in [-0.2, -0.15) is 18.2 Å². The van der Waals surface area contributed by atoms with Crippen molar-refractivity contribution in [3.05, 3.63) is 53.5 Å². The van der Waals surface area contributed by atoms with Gasteiger partial charge in [0.15, 0.2) is 11.5 Å². The highest BCUT2D eigenvalue weighted by Gasteiger charge is 2.31. The Labute approximate surface area is 148 Å². The minimum atomic E-state index is -4.50. The number of nitrogens with zero attached hydrogens (tertiary/aromatic N) is 7. The lowest BCUT2D eigenvalue weighted by molar-refractivity contribution is -0.137.